The van der Waals surface area contributed by atoms with Crippen molar-refractivity contribution in [3.8, 4) is 0 Å². The van der Waals surface area contributed by atoms with Gasteiger partial charge in [0.25, 0.3) is 10.0 Å². The fourth-order valence-corrected chi connectivity index (χ4v) is 4.45. The Morgan fingerprint density at radius 2 is 1.82 bits per heavy atom. The van der Waals surface area contributed by atoms with Crippen molar-refractivity contribution in [3.05, 3.63) is 65.7 Å². The number of sulfonamides is 1. The summed E-state index contributed by atoms with van der Waals surface area (Å²) in [4.78, 5) is 1.29. The molecule has 0 aliphatic rings. The quantitative estimate of drug-likeness (QED) is 0.529. The molecule has 6 heteroatoms. The highest BCUT2D eigenvalue weighted by atomic mass is 79.9. The topological polar surface area (TPSA) is 37.4 Å². The lowest BCUT2D eigenvalue weighted by molar-refractivity contribution is 0.592. The summed E-state index contributed by atoms with van der Waals surface area (Å²) in [7, 11) is -3.64. The molecule has 2 aromatic carbocycles. The van der Waals surface area contributed by atoms with Crippen LogP contribution in [0.5, 0.6) is 0 Å². The highest BCUT2D eigenvalue weighted by molar-refractivity contribution is 9.10. The molecule has 0 saturated carbocycles. The van der Waals surface area contributed by atoms with E-state index in [4.69, 9.17) is 0 Å². The second-order valence-electron chi connectivity index (χ2n) is 4.45. The van der Waals surface area contributed by atoms with Gasteiger partial charge in [-0.2, -0.15) is 0 Å². The molecule has 0 spiro atoms. The maximum atomic E-state index is 12.9. The van der Waals surface area contributed by atoms with E-state index in [-0.39, 0.29) is 11.4 Å². The van der Waals surface area contributed by atoms with Crippen LogP contribution in [-0.2, 0) is 10.0 Å². The van der Waals surface area contributed by atoms with Gasteiger partial charge in [-0.3, -0.25) is 4.31 Å². The van der Waals surface area contributed by atoms with E-state index < -0.39 is 10.0 Å². The first-order valence-electron chi connectivity index (χ1n) is 6.53. The van der Waals surface area contributed by atoms with E-state index in [2.05, 4.69) is 22.5 Å². The number of hydrogen-bond donors (Lipinski definition) is 0. The van der Waals surface area contributed by atoms with E-state index in [0.717, 1.165) is 9.37 Å². The minimum absolute atomic E-state index is 0.204. The smallest absolute Gasteiger partial charge is 0.261 e. The van der Waals surface area contributed by atoms with Gasteiger partial charge in [0.15, 0.2) is 0 Å². The minimum atomic E-state index is -3.64. The van der Waals surface area contributed by atoms with Gasteiger partial charge in [-0.1, -0.05) is 18.2 Å². The third kappa shape index (κ3) is 3.56. The van der Waals surface area contributed by atoms with Crippen LogP contribution in [0.15, 0.2) is 75.4 Å². The van der Waals surface area contributed by atoms with Crippen molar-refractivity contribution < 1.29 is 8.42 Å². The largest absolute Gasteiger partial charge is 0.264 e. The second kappa shape index (κ2) is 7.35. The Kier molecular flexibility index (Phi) is 5.72. The number of rotatable bonds is 6. The van der Waals surface area contributed by atoms with Gasteiger partial charge in [0.05, 0.1) is 17.1 Å². The van der Waals surface area contributed by atoms with Crippen molar-refractivity contribution in [1.82, 2.24) is 0 Å². The Morgan fingerprint density at radius 3 is 2.36 bits per heavy atom. The number of para-hydroxylation sites is 1. The zero-order valence-electron chi connectivity index (χ0n) is 12.1. The van der Waals surface area contributed by atoms with Gasteiger partial charge in [0, 0.05) is 9.37 Å². The Labute approximate surface area is 144 Å². The third-order valence-corrected chi connectivity index (χ3v) is 6.27. The van der Waals surface area contributed by atoms with E-state index in [1.165, 1.54) is 4.31 Å². The number of halogens is 1. The molecule has 0 fully saturated rings. The van der Waals surface area contributed by atoms with Crippen LogP contribution in [0.25, 0.3) is 0 Å². The lowest BCUT2D eigenvalue weighted by atomic mass is 10.3. The SMILES string of the molecule is C=CCN(c1ccccc1Br)S(=O)(=O)c1ccc(SC)cc1. The molecule has 0 atom stereocenters. The molecule has 2 rings (SSSR count). The van der Waals surface area contributed by atoms with E-state index in [0.29, 0.717) is 5.69 Å². The Balaban J connectivity index is 2.50. The Morgan fingerprint density at radius 1 is 1.18 bits per heavy atom. The van der Waals surface area contributed by atoms with Crippen molar-refractivity contribution in [2.24, 2.45) is 0 Å². The van der Waals surface area contributed by atoms with Gasteiger partial charge in [-0.25, -0.2) is 8.42 Å². The van der Waals surface area contributed by atoms with Crippen molar-refractivity contribution >= 4 is 43.4 Å². The fraction of sp³-hybridized carbons (Fsp3) is 0.125. The van der Waals surface area contributed by atoms with Crippen molar-refractivity contribution in [2.75, 3.05) is 17.1 Å². The number of nitrogens with zero attached hydrogens (tertiary/aromatic N) is 1. The predicted octanol–water partition coefficient (Wildman–Crippen LogP) is 4.55. The first kappa shape index (κ1) is 17.1. The minimum Gasteiger partial charge on any atom is -0.261 e. The number of benzene rings is 2. The third-order valence-electron chi connectivity index (χ3n) is 3.06. The molecule has 0 unspecified atom stereocenters. The van der Waals surface area contributed by atoms with Gasteiger partial charge in [-0.05, 0) is 58.6 Å². The summed E-state index contributed by atoms with van der Waals surface area (Å²) in [6.07, 6.45) is 3.53. The average molecular weight is 398 g/mol. The normalized spacial score (nSPS) is 11.2. The van der Waals surface area contributed by atoms with E-state index in [1.54, 1.807) is 36.0 Å². The molecule has 0 amide bonds. The summed E-state index contributed by atoms with van der Waals surface area (Å²) in [5, 5.41) is 0. The molecule has 0 heterocycles. The van der Waals surface area contributed by atoms with Crippen LogP contribution >= 0.6 is 27.7 Å². The van der Waals surface area contributed by atoms with Crippen LogP contribution in [0.2, 0.25) is 0 Å². The summed E-state index contributed by atoms with van der Waals surface area (Å²) in [5.74, 6) is 0. The number of anilines is 1. The maximum absolute atomic E-state index is 12.9. The van der Waals surface area contributed by atoms with Gasteiger partial charge in [0.1, 0.15) is 0 Å². The molecule has 3 nitrogen and oxygen atoms in total. The van der Waals surface area contributed by atoms with Gasteiger partial charge in [0.2, 0.25) is 0 Å². The molecule has 0 N–H and O–H groups in total. The van der Waals surface area contributed by atoms with Crippen LogP contribution in [0.3, 0.4) is 0 Å². The second-order valence-corrected chi connectivity index (χ2v) is 8.05. The lowest BCUT2D eigenvalue weighted by Gasteiger charge is -2.24. The molecular weight excluding hydrogens is 382 g/mol. The van der Waals surface area contributed by atoms with Gasteiger partial charge < -0.3 is 0 Å². The molecule has 22 heavy (non-hydrogen) atoms. The fourth-order valence-electron chi connectivity index (χ4n) is 1.97. The number of thioether (sulfide) groups is 1. The molecular formula is C16H16BrNO2S2. The van der Waals surface area contributed by atoms with E-state index >= 15 is 0 Å². The monoisotopic (exact) mass is 397 g/mol. The molecule has 0 saturated heterocycles. The molecule has 0 aliphatic carbocycles. The molecule has 116 valence electrons. The standard InChI is InChI=1S/C16H16BrNO2S2/c1-3-12-18(16-7-5-4-6-15(16)17)22(19,20)14-10-8-13(21-2)9-11-14/h3-11H,1,12H2,2H3. The van der Waals surface area contributed by atoms with Crippen LogP contribution in [0.1, 0.15) is 0 Å². The summed E-state index contributed by atoms with van der Waals surface area (Å²) >= 11 is 4.98. The predicted molar refractivity (Wildman–Crippen MR) is 97.1 cm³/mol. The van der Waals surface area contributed by atoms with Crippen LogP contribution in [-0.4, -0.2) is 21.2 Å². The first-order valence-corrected chi connectivity index (χ1v) is 9.98. The summed E-state index contributed by atoms with van der Waals surface area (Å²) in [5.41, 5.74) is 0.594. The Hall–Kier alpha value is -1.24. The highest BCUT2D eigenvalue weighted by Crippen LogP contribution is 2.31. The zero-order chi connectivity index (χ0) is 16.2. The van der Waals surface area contributed by atoms with E-state index in [9.17, 15) is 8.42 Å². The first-order chi connectivity index (χ1) is 10.5. The zero-order valence-corrected chi connectivity index (χ0v) is 15.3. The van der Waals surface area contributed by atoms with Crippen LogP contribution in [0, 0.1) is 0 Å². The Bertz CT molecular complexity index is 758. The maximum Gasteiger partial charge on any atom is 0.264 e. The molecule has 0 bridgehead atoms. The molecule has 2 aromatic rings. The van der Waals surface area contributed by atoms with E-state index in [1.807, 2.05) is 36.6 Å². The average Bonchev–Trinajstić information content (AvgIpc) is 2.53. The summed E-state index contributed by atoms with van der Waals surface area (Å²) in [6, 6.07) is 14.1. The lowest BCUT2D eigenvalue weighted by Crippen LogP contribution is -2.31. The molecule has 0 aliphatic heterocycles. The summed E-state index contributed by atoms with van der Waals surface area (Å²) in [6.45, 7) is 3.87. The molecule has 0 aromatic heterocycles. The van der Waals surface area contributed by atoms with Crippen LogP contribution < -0.4 is 4.31 Å². The van der Waals surface area contributed by atoms with Crippen LogP contribution in [0.4, 0.5) is 5.69 Å². The van der Waals surface area contributed by atoms with Gasteiger partial charge in [-0.15, -0.1) is 18.3 Å². The van der Waals surface area contributed by atoms with Crippen molar-refractivity contribution in [3.63, 3.8) is 0 Å². The molecule has 0 radical (unpaired) electrons. The summed E-state index contributed by atoms with van der Waals surface area (Å²) < 4.78 is 27.9. The van der Waals surface area contributed by atoms with Crippen molar-refractivity contribution in [1.29, 1.82) is 0 Å². The number of hydrogen-bond acceptors (Lipinski definition) is 3. The van der Waals surface area contributed by atoms with Crippen molar-refractivity contribution in [2.45, 2.75) is 9.79 Å². The highest BCUT2D eigenvalue weighted by Gasteiger charge is 2.25. The van der Waals surface area contributed by atoms with Gasteiger partial charge >= 0.3 is 0 Å².